The first-order chi connectivity index (χ1) is 12.9. The first-order valence-corrected chi connectivity index (χ1v) is 8.42. The van der Waals surface area contributed by atoms with Gasteiger partial charge in [0.1, 0.15) is 17.3 Å². The first-order valence-electron chi connectivity index (χ1n) is 8.42. The van der Waals surface area contributed by atoms with Crippen LogP contribution in [0.25, 0.3) is 0 Å². The molecule has 2 amide bonds. The SMILES string of the molecule is COc1cc(CCC(=O)N(C)CC(=O)Nc2cccc(F)c2)cc(OC)c1. The Kier molecular flexibility index (Phi) is 7.16. The van der Waals surface area contributed by atoms with Gasteiger partial charge in [0.05, 0.1) is 20.8 Å². The predicted molar refractivity (Wildman–Crippen MR) is 101 cm³/mol. The number of anilines is 1. The van der Waals surface area contributed by atoms with E-state index in [2.05, 4.69) is 5.32 Å². The van der Waals surface area contributed by atoms with E-state index in [0.29, 0.717) is 23.6 Å². The Balaban J connectivity index is 1.87. The van der Waals surface area contributed by atoms with Crippen molar-refractivity contribution >= 4 is 17.5 Å². The minimum absolute atomic E-state index is 0.114. The van der Waals surface area contributed by atoms with Crippen molar-refractivity contribution in [1.82, 2.24) is 4.90 Å². The first kappa shape index (κ1) is 20.2. The molecule has 2 aromatic rings. The molecule has 6 nitrogen and oxygen atoms in total. The number of rotatable bonds is 8. The van der Waals surface area contributed by atoms with Gasteiger partial charge in [-0.2, -0.15) is 0 Å². The number of nitrogens with zero attached hydrogens (tertiary/aromatic N) is 1. The van der Waals surface area contributed by atoms with Gasteiger partial charge in [-0.05, 0) is 42.3 Å². The number of ether oxygens (including phenoxy) is 2. The molecule has 2 aromatic carbocycles. The van der Waals surface area contributed by atoms with Crippen LogP contribution in [0.5, 0.6) is 11.5 Å². The van der Waals surface area contributed by atoms with E-state index in [-0.39, 0.29) is 24.8 Å². The fourth-order valence-corrected chi connectivity index (χ4v) is 2.52. The highest BCUT2D eigenvalue weighted by Crippen LogP contribution is 2.23. The number of hydrogen-bond acceptors (Lipinski definition) is 4. The summed E-state index contributed by atoms with van der Waals surface area (Å²) in [4.78, 5) is 25.6. The van der Waals surface area contributed by atoms with Crippen molar-refractivity contribution in [3.63, 3.8) is 0 Å². The third-order valence-corrected chi connectivity index (χ3v) is 3.95. The van der Waals surface area contributed by atoms with Gasteiger partial charge in [-0.25, -0.2) is 4.39 Å². The quantitative estimate of drug-likeness (QED) is 0.772. The van der Waals surface area contributed by atoms with Crippen molar-refractivity contribution in [3.8, 4) is 11.5 Å². The van der Waals surface area contributed by atoms with E-state index in [1.807, 2.05) is 12.1 Å². The number of carbonyl (C=O) groups excluding carboxylic acids is 2. The van der Waals surface area contributed by atoms with Crippen molar-refractivity contribution in [2.75, 3.05) is 33.1 Å². The fraction of sp³-hybridized carbons (Fsp3) is 0.300. The number of methoxy groups -OCH3 is 2. The van der Waals surface area contributed by atoms with Crippen LogP contribution in [-0.2, 0) is 16.0 Å². The zero-order valence-electron chi connectivity index (χ0n) is 15.6. The van der Waals surface area contributed by atoms with Gasteiger partial charge >= 0.3 is 0 Å². The Bertz CT molecular complexity index is 788. The van der Waals surface area contributed by atoms with E-state index in [1.165, 1.54) is 23.1 Å². The minimum Gasteiger partial charge on any atom is -0.497 e. The summed E-state index contributed by atoms with van der Waals surface area (Å²) in [5, 5.41) is 2.57. The molecule has 0 aliphatic heterocycles. The summed E-state index contributed by atoms with van der Waals surface area (Å²) in [6.45, 7) is -0.114. The summed E-state index contributed by atoms with van der Waals surface area (Å²) in [6.07, 6.45) is 0.725. The molecule has 0 atom stereocenters. The summed E-state index contributed by atoms with van der Waals surface area (Å²) in [5.41, 5.74) is 1.25. The number of benzene rings is 2. The second-order valence-electron chi connectivity index (χ2n) is 6.03. The van der Waals surface area contributed by atoms with Crippen molar-refractivity contribution in [1.29, 1.82) is 0 Å². The topological polar surface area (TPSA) is 67.9 Å². The summed E-state index contributed by atoms with van der Waals surface area (Å²) >= 11 is 0. The maximum Gasteiger partial charge on any atom is 0.243 e. The van der Waals surface area contributed by atoms with E-state index in [9.17, 15) is 14.0 Å². The van der Waals surface area contributed by atoms with Gasteiger partial charge in [0, 0.05) is 25.2 Å². The molecular weight excluding hydrogens is 351 g/mol. The van der Waals surface area contributed by atoms with E-state index in [4.69, 9.17) is 9.47 Å². The zero-order chi connectivity index (χ0) is 19.8. The number of hydrogen-bond donors (Lipinski definition) is 1. The van der Waals surface area contributed by atoms with Crippen LogP contribution in [0.15, 0.2) is 42.5 Å². The van der Waals surface area contributed by atoms with Crippen LogP contribution in [0.1, 0.15) is 12.0 Å². The Hall–Kier alpha value is -3.09. The van der Waals surface area contributed by atoms with Gasteiger partial charge in [0.15, 0.2) is 0 Å². The smallest absolute Gasteiger partial charge is 0.243 e. The molecule has 0 spiro atoms. The maximum atomic E-state index is 13.1. The minimum atomic E-state index is -0.439. The maximum absolute atomic E-state index is 13.1. The average molecular weight is 374 g/mol. The van der Waals surface area contributed by atoms with Crippen LogP contribution in [0.4, 0.5) is 10.1 Å². The van der Waals surface area contributed by atoms with Crippen molar-refractivity contribution in [3.05, 3.63) is 53.8 Å². The largest absolute Gasteiger partial charge is 0.497 e. The molecule has 0 saturated heterocycles. The molecule has 7 heteroatoms. The second-order valence-corrected chi connectivity index (χ2v) is 6.03. The molecule has 0 radical (unpaired) electrons. The third kappa shape index (κ3) is 6.29. The number of carbonyl (C=O) groups is 2. The Morgan fingerprint density at radius 3 is 2.33 bits per heavy atom. The van der Waals surface area contributed by atoms with Crippen molar-refractivity contribution in [2.24, 2.45) is 0 Å². The van der Waals surface area contributed by atoms with Gasteiger partial charge in [-0.15, -0.1) is 0 Å². The Morgan fingerprint density at radius 1 is 1.07 bits per heavy atom. The lowest BCUT2D eigenvalue weighted by Gasteiger charge is -2.17. The van der Waals surface area contributed by atoms with Crippen molar-refractivity contribution < 1.29 is 23.5 Å². The van der Waals surface area contributed by atoms with Crippen LogP contribution >= 0.6 is 0 Å². The summed E-state index contributed by atoms with van der Waals surface area (Å²) in [6, 6.07) is 11.0. The number of likely N-dealkylation sites (N-methyl/N-ethyl adjacent to an activating group) is 1. The molecule has 1 N–H and O–H groups in total. The van der Waals surface area contributed by atoms with E-state index in [1.54, 1.807) is 33.4 Å². The lowest BCUT2D eigenvalue weighted by molar-refractivity contribution is -0.133. The second kappa shape index (κ2) is 9.56. The summed E-state index contributed by atoms with van der Waals surface area (Å²) < 4.78 is 23.6. The van der Waals surface area contributed by atoms with E-state index >= 15 is 0 Å². The molecule has 0 heterocycles. The van der Waals surface area contributed by atoms with Gasteiger partial charge in [0.25, 0.3) is 0 Å². The zero-order valence-corrected chi connectivity index (χ0v) is 15.6. The Labute approximate surface area is 157 Å². The highest BCUT2D eigenvalue weighted by Gasteiger charge is 2.14. The standard InChI is InChI=1S/C20H23FN2O4/c1-23(13-19(24)22-16-6-4-5-15(21)11-16)20(25)8-7-14-9-17(26-2)12-18(10-14)27-3/h4-6,9-12H,7-8,13H2,1-3H3,(H,22,24). The molecule has 27 heavy (non-hydrogen) atoms. The average Bonchev–Trinajstić information content (AvgIpc) is 2.65. The number of amides is 2. The van der Waals surface area contributed by atoms with Gasteiger partial charge in [-0.3, -0.25) is 9.59 Å². The van der Waals surface area contributed by atoms with Crippen LogP contribution < -0.4 is 14.8 Å². The molecule has 2 rings (SSSR count). The van der Waals surface area contributed by atoms with Crippen LogP contribution in [0.2, 0.25) is 0 Å². The van der Waals surface area contributed by atoms with E-state index in [0.717, 1.165) is 5.56 Å². The Morgan fingerprint density at radius 2 is 1.74 bits per heavy atom. The van der Waals surface area contributed by atoms with Crippen LogP contribution in [-0.4, -0.2) is 44.5 Å². The van der Waals surface area contributed by atoms with Crippen LogP contribution in [0, 0.1) is 5.82 Å². The molecule has 0 bridgehead atoms. The molecule has 0 unspecified atom stereocenters. The summed E-state index contributed by atoms with van der Waals surface area (Å²) in [7, 11) is 4.68. The third-order valence-electron chi connectivity index (χ3n) is 3.95. The monoisotopic (exact) mass is 374 g/mol. The number of halogens is 1. The molecule has 0 fully saturated rings. The number of aryl methyl sites for hydroxylation is 1. The lowest BCUT2D eigenvalue weighted by atomic mass is 10.1. The van der Waals surface area contributed by atoms with Gasteiger partial charge in [0.2, 0.25) is 11.8 Å². The molecule has 0 saturated carbocycles. The molecular formula is C20H23FN2O4. The number of nitrogens with one attached hydrogen (secondary N) is 1. The molecule has 0 aliphatic carbocycles. The molecule has 0 aliphatic rings. The normalized spacial score (nSPS) is 10.2. The predicted octanol–water partition coefficient (Wildman–Crippen LogP) is 2.87. The van der Waals surface area contributed by atoms with Crippen molar-refractivity contribution in [2.45, 2.75) is 12.8 Å². The highest BCUT2D eigenvalue weighted by molar-refractivity contribution is 5.94. The fourth-order valence-electron chi connectivity index (χ4n) is 2.52. The van der Waals surface area contributed by atoms with Gasteiger partial charge < -0.3 is 19.7 Å². The van der Waals surface area contributed by atoms with Crippen LogP contribution in [0.3, 0.4) is 0 Å². The van der Waals surface area contributed by atoms with Gasteiger partial charge in [-0.1, -0.05) is 6.07 Å². The highest BCUT2D eigenvalue weighted by atomic mass is 19.1. The van der Waals surface area contributed by atoms with E-state index < -0.39 is 5.82 Å². The molecule has 0 aromatic heterocycles. The summed E-state index contributed by atoms with van der Waals surface area (Å²) in [5.74, 6) is 0.302. The lowest BCUT2D eigenvalue weighted by Crippen LogP contribution is -2.35. The molecule has 144 valence electrons.